The Morgan fingerprint density at radius 2 is 1.29 bits per heavy atom. The lowest BCUT2D eigenvalue weighted by Gasteiger charge is -2.30. The van der Waals surface area contributed by atoms with Crippen LogP contribution in [-0.4, -0.2) is 6.61 Å². The zero-order valence-corrected chi connectivity index (χ0v) is 10.1. The molecule has 0 saturated carbocycles. The summed E-state index contributed by atoms with van der Waals surface area (Å²) < 4.78 is 5.89. The van der Waals surface area contributed by atoms with Crippen LogP contribution in [0, 0.1) is 6.92 Å². The number of hydrogen-bond acceptors (Lipinski definition) is 1. The van der Waals surface area contributed by atoms with Gasteiger partial charge in [0.05, 0.1) is 0 Å². The van der Waals surface area contributed by atoms with E-state index in [2.05, 4.69) is 31.2 Å². The number of benzene rings is 2. The highest BCUT2D eigenvalue weighted by molar-refractivity contribution is 5.37. The Bertz CT molecular complexity index is 408. The molecule has 0 aliphatic carbocycles. The molecule has 2 aromatic carbocycles. The second kappa shape index (κ2) is 5.15. The molecule has 2 aromatic rings. The van der Waals surface area contributed by atoms with E-state index >= 15 is 0 Å². The van der Waals surface area contributed by atoms with Gasteiger partial charge in [-0.15, -0.1) is 0 Å². The SMILES string of the molecule is [CH2]C(OCC)(c1ccccc1)c1ccccc1. The van der Waals surface area contributed by atoms with Gasteiger partial charge in [-0.2, -0.15) is 0 Å². The van der Waals surface area contributed by atoms with E-state index in [4.69, 9.17) is 4.74 Å². The molecule has 0 aliphatic heterocycles. The average molecular weight is 225 g/mol. The second-order valence-corrected chi connectivity index (χ2v) is 3.99. The second-order valence-electron chi connectivity index (χ2n) is 3.99. The molecular weight excluding hydrogens is 208 g/mol. The quantitative estimate of drug-likeness (QED) is 0.769. The van der Waals surface area contributed by atoms with Crippen molar-refractivity contribution in [3.8, 4) is 0 Å². The molecule has 0 fully saturated rings. The van der Waals surface area contributed by atoms with Crippen molar-refractivity contribution in [3.05, 3.63) is 78.7 Å². The third kappa shape index (κ3) is 2.40. The predicted octanol–water partition coefficient (Wildman–Crippen LogP) is 3.80. The molecule has 0 spiro atoms. The lowest BCUT2D eigenvalue weighted by atomic mass is 9.88. The highest BCUT2D eigenvalue weighted by Gasteiger charge is 2.28. The summed E-state index contributed by atoms with van der Waals surface area (Å²) in [6.07, 6.45) is 0. The Morgan fingerprint density at radius 3 is 1.65 bits per heavy atom. The minimum atomic E-state index is -0.614. The summed E-state index contributed by atoms with van der Waals surface area (Å²) in [5.41, 5.74) is 1.54. The summed E-state index contributed by atoms with van der Waals surface area (Å²) in [6.45, 7) is 6.90. The lowest BCUT2D eigenvalue weighted by molar-refractivity contribution is 0.0254. The van der Waals surface area contributed by atoms with Crippen molar-refractivity contribution < 1.29 is 4.74 Å². The first-order valence-corrected chi connectivity index (χ1v) is 5.87. The molecule has 17 heavy (non-hydrogen) atoms. The van der Waals surface area contributed by atoms with Crippen LogP contribution in [0.25, 0.3) is 0 Å². The van der Waals surface area contributed by atoms with Gasteiger partial charge in [0.25, 0.3) is 0 Å². The van der Waals surface area contributed by atoms with Crippen LogP contribution in [0.3, 0.4) is 0 Å². The molecular formula is C16H17O. The molecule has 0 saturated heterocycles. The first-order chi connectivity index (χ1) is 8.27. The standard InChI is InChI=1S/C16H17O/c1-3-17-16(2,14-10-6-4-7-11-14)15-12-8-5-9-13-15/h4-13H,2-3H2,1H3. The van der Waals surface area contributed by atoms with Crippen LogP contribution < -0.4 is 0 Å². The van der Waals surface area contributed by atoms with Crippen molar-refractivity contribution in [2.75, 3.05) is 6.61 Å². The minimum Gasteiger partial charge on any atom is -0.366 e. The first-order valence-electron chi connectivity index (χ1n) is 5.87. The predicted molar refractivity (Wildman–Crippen MR) is 70.6 cm³/mol. The Labute approximate surface area is 103 Å². The van der Waals surface area contributed by atoms with E-state index in [-0.39, 0.29) is 0 Å². The van der Waals surface area contributed by atoms with Crippen molar-refractivity contribution in [2.24, 2.45) is 0 Å². The molecule has 2 rings (SSSR count). The van der Waals surface area contributed by atoms with Crippen molar-refractivity contribution in [3.63, 3.8) is 0 Å². The molecule has 1 heteroatoms. The summed E-state index contributed by atoms with van der Waals surface area (Å²) in [5.74, 6) is 0. The maximum Gasteiger partial charge on any atom is 0.118 e. The molecule has 87 valence electrons. The van der Waals surface area contributed by atoms with Gasteiger partial charge in [-0.05, 0) is 25.0 Å². The fourth-order valence-corrected chi connectivity index (χ4v) is 1.99. The van der Waals surface area contributed by atoms with Gasteiger partial charge in [0.15, 0.2) is 0 Å². The maximum absolute atomic E-state index is 5.89. The highest BCUT2D eigenvalue weighted by Crippen LogP contribution is 2.32. The normalized spacial score (nSPS) is 11.4. The van der Waals surface area contributed by atoms with Crippen LogP contribution in [0.5, 0.6) is 0 Å². The maximum atomic E-state index is 5.89. The number of ether oxygens (including phenoxy) is 1. The summed E-state index contributed by atoms with van der Waals surface area (Å²) in [5, 5.41) is 0. The molecule has 0 atom stereocenters. The van der Waals surface area contributed by atoms with Gasteiger partial charge in [-0.1, -0.05) is 60.7 Å². The molecule has 0 aromatic heterocycles. The van der Waals surface area contributed by atoms with E-state index in [0.717, 1.165) is 11.1 Å². The minimum absolute atomic E-state index is 0.614. The van der Waals surface area contributed by atoms with Gasteiger partial charge < -0.3 is 4.74 Å². The molecule has 0 amide bonds. The molecule has 0 unspecified atom stereocenters. The fraction of sp³-hybridized carbons (Fsp3) is 0.188. The van der Waals surface area contributed by atoms with Gasteiger partial charge in [0, 0.05) is 6.61 Å². The molecule has 0 heterocycles. The summed E-state index contributed by atoms with van der Waals surface area (Å²) in [7, 11) is 0. The molecule has 1 nitrogen and oxygen atoms in total. The summed E-state index contributed by atoms with van der Waals surface area (Å²) >= 11 is 0. The van der Waals surface area contributed by atoms with Crippen molar-refractivity contribution in [2.45, 2.75) is 12.5 Å². The third-order valence-electron chi connectivity index (χ3n) is 2.87. The Balaban J connectivity index is 2.47. The van der Waals surface area contributed by atoms with Crippen molar-refractivity contribution in [1.82, 2.24) is 0 Å². The smallest absolute Gasteiger partial charge is 0.118 e. The molecule has 0 N–H and O–H groups in total. The van der Waals surface area contributed by atoms with E-state index in [1.165, 1.54) is 0 Å². The van der Waals surface area contributed by atoms with Crippen LogP contribution in [0.2, 0.25) is 0 Å². The van der Waals surface area contributed by atoms with Gasteiger partial charge in [-0.25, -0.2) is 0 Å². The summed E-state index contributed by atoms with van der Waals surface area (Å²) in [6, 6.07) is 20.3. The Kier molecular flexibility index (Phi) is 3.60. The topological polar surface area (TPSA) is 9.23 Å². The molecule has 0 bridgehead atoms. The van der Waals surface area contributed by atoms with Crippen molar-refractivity contribution in [1.29, 1.82) is 0 Å². The first kappa shape index (κ1) is 11.9. The number of rotatable bonds is 4. The Hall–Kier alpha value is -1.60. The van der Waals surface area contributed by atoms with Gasteiger partial charge in [0.2, 0.25) is 0 Å². The van der Waals surface area contributed by atoms with E-state index in [0.29, 0.717) is 6.61 Å². The lowest BCUT2D eigenvalue weighted by Crippen LogP contribution is -2.27. The molecule has 0 aliphatic rings. The van der Waals surface area contributed by atoms with Crippen molar-refractivity contribution >= 4 is 0 Å². The summed E-state index contributed by atoms with van der Waals surface area (Å²) in [4.78, 5) is 0. The zero-order valence-electron chi connectivity index (χ0n) is 10.1. The van der Waals surface area contributed by atoms with Crippen LogP contribution in [0.1, 0.15) is 18.1 Å². The largest absolute Gasteiger partial charge is 0.366 e. The van der Waals surface area contributed by atoms with Crippen LogP contribution in [-0.2, 0) is 10.3 Å². The van der Waals surface area contributed by atoms with Crippen LogP contribution in [0.15, 0.2) is 60.7 Å². The van der Waals surface area contributed by atoms with E-state index in [1.807, 2.05) is 43.3 Å². The van der Waals surface area contributed by atoms with E-state index in [9.17, 15) is 0 Å². The highest BCUT2D eigenvalue weighted by atomic mass is 16.5. The molecule has 1 radical (unpaired) electrons. The zero-order chi connectivity index (χ0) is 12.1. The van der Waals surface area contributed by atoms with Gasteiger partial charge in [0.1, 0.15) is 5.60 Å². The third-order valence-corrected chi connectivity index (χ3v) is 2.87. The number of hydrogen-bond donors (Lipinski definition) is 0. The fourth-order valence-electron chi connectivity index (χ4n) is 1.99. The van der Waals surface area contributed by atoms with E-state index < -0.39 is 5.60 Å². The van der Waals surface area contributed by atoms with Crippen LogP contribution >= 0.6 is 0 Å². The van der Waals surface area contributed by atoms with Gasteiger partial charge in [-0.3, -0.25) is 0 Å². The Morgan fingerprint density at radius 1 is 0.882 bits per heavy atom. The van der Waals surface area contributed by atoms with Crippen LogP contribution in [0.4, 0.5) is 0 Å². The average Bonchev–Trinajstić information content (AvgIpc) is 2.41. The van der Waals surface area contributed by atoms with Gasteiger partial charge >= 0.3 is 0 Å². The monoisotopic (exact) mass is 225 g/mol. The van der Waals surface area contributed by atoms with E-state index in [1.54, 1.807) is 0 Å².